The topological polar surface area (TPSA) is 85.0 Å². The fourth-order valence-electron chi connectivity index (χ4n) is 3.91. The molecule has 172 valence electrons. The first kappa shape index (κ1) is 22.3. The van der Waals surface area contributed by atoms with E-state index in [0.29, 0.717) is 35.4 Å². The zero-order chi connectivity index (χ0) is 23.1. The first-order chi connectivity index (χ1) is 15.0. The number of pyridine rings is 1. The van der Waals surface area contributed by atoms with Crippen molar-refractivity contribution in [2.75, 3.05) is 30.5 Å². The molecule has 3 aromatic rings. The maximum Gasteiger partial charge on any atom is 0.573 e. The van der Waals surface area contributed by atoms with E-state index in [2.05, 4.69) is 35.9 Å². The molecule has 8 nitrogen and oxygen atoms in total. The van der Waals surface area contributed by atoms with Gasteiger partial charge in [-0.3, -0.25) is 8.61 Å². The van der Waals surface area contributed by atoms with E-state index in [1.165, 1.54) is 28.9 Å². The van der Waals surface area contributed by atoms with Crippen molar-refractivity contribution < 1.29 is 22.1 Å². The molecule has 2 atom stereocenters. The van der Waals surface area contributed by atoms with Gasteiger partial charge in [0.2, 0.25) is 0 Å². The lowest BCUT2D eigenvalue weighted by Crippen LogP contribution is -2.42. The van der Waals surface area contributed by atoms with Gasteiger partial charge in [-0.05, 0) is 30.5 Å². The van der Waals surface area contributed by atoms with Crippen LogP contribution in [0.25, 0.3) is 17.2 Å². The summed E-state index contributed by atoms with van der Waals surface area (Å²) in [5.41, 5.74) is 0.876. The number of imidazole rings is 1. The summed E-state index contributed by atoms with van der Waals surface area (Å²) in [5, 5.41) is 0. The maximum absolute atomic E-state index is 12.6. The smallest absolute Gasteiger partial charge is 0.404 e. The molecule has 4 rings (SSSR count). The molecule has 0 radical (unpaired) electrons. The number of anilines is 1. The van der Waals surface area contributed by atoms with Crippen LogP contribution in [0.4, 0.5) is 19.0 Å². The second kappa shape index (κ2) is 8.23. The predicted octanol–water partition coefficient (Wildman–Crippen LogP) is 3.63. The SMILES string of the molecule is C[C@@H]1C[C@H](N=S(C)(C)=O)CN(c2ccnc(-c3cnc4ccc(OC(F)(F)F)cn34)n2)C1. The number of alkyl halides is 3. The normalized spacial score (nSPS) is 19.9. The van der Waals surface area contributed by atoms with Crippen LogP contribution in [0.15, 0.2) is 41.2 Å². The van der Waals surface area contributed by atoms with Crippen LogP contribution in [-0.4, -0.2) is 61.6 Å². The van der Waals surface area contributed by atoms with Gasteiger partial charge in [-0.2, -0.15) is 0 Å². The maximum atomic E-state index is 12.6. The third-order valence-electron chi connectivity index (χ3n) is 4.95. The predicted molar refractivity (Wildman–Crippen MR) is 115 cm³/mol. The summed E-state index contributed by atoms with van der Waals surface area (Å²) in [6, 6.07) is 4.34. The van der Waals surface area contributed by atoms with Gasteiger partial charge in [-0.25, -0.2) is 19.3 Å². The first-order valence-electron chi connectivity index (χ1n) is 9.94. The van der Waals surface area contributed by atoms with Crippen LogP contribution >= 0.6 is 0 Å². The summed E-state index contributed by atoms with van der Waals surface area (Å²) in [4.78, 5) is 15.2. The highest BCUT2D eigenvalue weighted by atomic mass is 32.2. The van der Waals surface area contributed by atoms with E-state index < -0.39 is 16.1 Å². The van der Waals surface area contributed by atoms with Gasteiger partial charge in [-0.15, -0.1) is 13.2 Å². The van der Waals surface area contributed by atoms with Crippen LogP contribution in [-0.2, 0) is 9.73 Å². The molecular formula is C20H23F3N6O2S. The average molecular weight is 469 g/mol. The second-order valence-electron chi connectivity index (χ2n) is 8.21. The molecule has 4 heterocycles. The Morgan fingerprint density at radius 3 is 2.69 bits per heavy atom. The fourth-order valence-corrected chi connectivity index (χ4v) is 4.78. The van der Waals surface area contributed by atoms with E-state index in [9.17, 15) is 17.4 Å². The molecule has 0 bridgehead atoms. The summed E-state index contributed by atoms with van der Waals surface area (Å²) in [6.07, 6.45) is 3.62. The molecule has 3 aromatic heterocycles. The van der Waals surface area contributed by atoms with Gasteiger partial charge >= 0.3 is 6.36 Å². The van der Waals surface area contributed by atoms with Gasteiger partial charge in [0.05, 0.1) is 18.4 Å². The number of hydrogen-bond acceptors (Lipinski definition) is 7. The molecule has 12 heteroatoms. The van der Waals surface area contributed by atoms with E-state index in [4.69, 9.17) is 0 Å². The van der Waals surface area contributed by atoms with Crippen molar-refractivity contribution in [2.45, 2.75) is 25.7 Å². The van der Waals surface area contributed by atoms with Crippen molar-refractivity contribution in [3.05, 3.63) is 36.8 Å². The molecular weight excluding hydrogens is 445 g/mol. The van der Waals surface area contributed by atoms with Gasteiger partial charge in [-0.1, -0.05) is 6.92 Å². The van der Waals surface area contributed by atoms with E-state index in [0.717, 1.165) is 13.0 Å². The van der Waals surface area contributed by atoms with E-state index in [1.54, 1.807) is 24.8 Å². The first-order valence-corrected chi connectivity index (χ1v) is 12.3. The lowest BCUT2D eigenvalue weighted by atomic mass is 9.97. The Bertz CT molecular complexity index is 1240. The Hall–Kier alpha value is -2.89. The number of nitrogens with zero attached hydrogens (tertiary/aromatic N) is 6. The van der Waals surface area contributed by atoms with Crippen molar-refractivity contribution in [3.8, 4) is 17.3 Å². The van der Waals surface area contributed by atoms with Crippen LogP contribution in [0.1, 0.15) is 13.3 Å². The standard InChI is InChI=1S/C20H23F3N6O2S/c1-13-8-14(27-32(2,3)30)11-28(10-13)18-6-7-24-19(26-18)16-9-25-17-5-4-15(12-29(16)17)31-20(21,22)23/h4-7,9,12-14H,8,10-11H2,1-3H3/t13-,14+/m1/s1. The van der Waals surface area contributed by atoms with Crippen molar-refractivity contribution in [1.82, 2.24) is 19.4 Å². The number of aromatic nitrogens is 4. The van der Waals surface area contributed by atoms with Crippen molar-refractivity contribution in [1.29, 1.82) is 0 Å². The highest BCUT2D eigenvalue weighted by Crippen LogP contribution is 2.28. The number of fused-ring (bicyclic) bond motifs is 1. The average Bonchev–Trinajstić information content (AvgIpc) is 3.08. The number of halogens is 3. The monoisotopic (exact) mass is 468 g/mol. The van der Waals surface area contributed by atoms with Crippen LogP contribution < -0.4 is 9.64 Å². The Morgan fingerprint density at radius 2 is 1.97 bits per heavy atom. The summed E-state index contributed by atoms with van der Waals surface area (Å²) in [5.74, 6) is 0.951. The van der Waals surface area contributed by atoms with Crippen molar-refractivity contribution in [3.63, 3.8) is 0 Å². The molecule has 1 aliphatic heterocycles. The van der Waals surface area contributed by atoms with Crippen LogP contribution in [0.3, 0.4) is 0 Å². The quantitative estimate of drug-likeness (QED) is 0.581. The van der Waals surface area contributed by atoms with Gasteiger partial charge in [0.1, 0.15) is 22.9 Å². The minimum Gasteiger partial charge on any atom is -0.404 e. The molecule has 1 fully saturated rings. The van der Waals surface area contributed by atoms with Crippen molar-refractivity contribution >= 4 is 21.2 Å². The summed E-state index contributed by atoms with van der Waals surface area (Å²) < 4.78 is 59.9. The molecule has 1 aliphatic rings. The molecule has 1 saturated heterocycles. The minimum absolute atomic E-state index is 0.0717. The van der Waals surface area contributed by atoms with E-state index in [1.807, 2.05) is 0 Å². The largest absolute Gasteiger partial charge is 0.573 e. The van der Waals surface area contributed by atoms with Gasteiger partial charge < -0.3 is 9.64 Å². The van der Waals surface area contributed by atoms with Gasteiger partial charge in [0.25, 0.3) is 0 Å². The summed E-state index contributed by atoms with van der Waals surface area (Å²) >= 11 is 0. The third-order valence-corrected chi connectivity index (χ3v) is 5.75. The van der Waals surface area contributed by atoms with E-state index >= 15 is 0 Å². The van der Waals surface area contributed by atoms with Gasteiger partial charge in [0.15, 0.2) is 5.82 Å². The molecule has 0 amide bonds. The molecule has 32 heavy (non-hydrogen) atoms. The minimum atomic E-state index is -4.79. The second-order valence-corrected chi connectivity index (χ2v) is 10.8. The van der Waals surface area contributed by atoms with Crippen LogP contribution in [0.2, 0.25) is 0 Å². The molecule has 0 unspecified atom stereocenters. The lowest BCUT2D eigenvalue weighted by Gasteiger charge is -2.35. The number of ether oxygens (including phenoxy) is 1. The lowest BCUT2D eigenvalue weighted by molar-refractivity contribution is -0.274. The zero-order valence-electron chi connectivity index (χ0n) is 17.8. The highest BCUT2D eigenvalue weighted by molar-refractivity contribution is 7.92. The Kier molecular flexibility index (Phi) is 5.74. The fraction of sp³-hybridized carbons (Fsp3) is 0.450. The summed E-state index contributed by atoms with van der Waals surface area (Å²) in [7, 11) is -2.23. The number of piperidine rings is 1. The third kappa shape index (κ3) is 5.29. The molecule has 0 saturated carbocycles. The highest BCUT2D eigenvalue weighted by Gasteiger charge is 2.31. The molecule has 0 aliphatic carbocycles. The van der Waals surface area contributed by atoms with Crippen LogP contribution in [0, 0.1) is 5.92 Å². The zero-order valence-corrected chi connectivity index (χ0v) is 18.6. The Labute approximate surface area is 183 Å². The van der Waals surface area contributed by atoms with E-state index in [-0.39, 0.29) is 11.8 Å². The Morgan fingerprint density at radius 1 is 1.19 bits per heavy atom. The molecule has 0 spiro atoms. The molecule has 0 N–H and O–H groups in total. The van der Waals surface area contributed by atoms with Crippen molar-refractivity contribution in [2.24, 2.45) is 10.3 Å². The van der Waals surface area contributed by atoms with Gasteiger partial charge in [0, 0.05) is 41.5 Å². The number of hydrogen-bond donors (Lipinski definition) is 0. The molecule has 0 aromatic carbocycles. The summed E-state index contributed by atoms with van der Waals surface area (Å²) in [6.45, 7) is 3.45. The Balaban J connectivity index is 1.66. The van der Waals surface area contributed by atoms with Crippen LogP contribution in [0.5, 0.6) is 5.75 Å². The number of rotatable bonds is 4.